The monoisotopic (exact) mass is 220 g/mol. The Morgan fingerprint density at radius 1 is 1.38 bits per heavy atom. The average Bonchev–Trinajstić information content (AvgIpc) is 2.88. The van der Waals surface area contributed by atoms with Gasteiger partial charge in [-0.1, -0.05) is 19.0 Å². The van der Waals surface area contributed by atoms with Crippen LogP contribution in [0, 0.1) is 5.92 Å². The molecule has 0 amide bonds. The molecule has 86 valence electrons. The number of hydrogen-bond donors (Lipinski definition) is 1. The van der Waals surface area contributed by atoms with Crippen molar-refractivity contribution in [1.82, 2.24) is 14.7 Å². The molecule has 0 aliphatic heterocycles. The van der Waals surface area contributed by atoms with E-state index in [0.717, 1.165) is 0 Å². The lowest BCUT2D eigenvalue weighted by molar-refractivity contribution is 0.296. The van der Waals surface area contributed by atoms with E-state index < -0.39 is 0 Å². The number of hydrogen-bond acceptors (Lipinski definition) is 4. The molecule has 0 bridgehead atoms. The van der Waals surface area contributed by atoms with Crippen LogP contribution in [0.2, 0.25) is 0 Å². The maximum Gasteiger partial charge on any atom is 0.249 e. The van der Waals surface area contributed by atoms with Crippen LogP contribution in [0.3, 0.4) is 0 Å². The molecule has 0 saturated carbocycles. The van der Waals surface area contributed by atoms with E-state index in [9.17, 15) is 0 Å². The topological polar surface area (TPSA) is 69.9 Å². The van der Waals surface area contributed by atoms with Crippen LogP contribution in [0.25, 0.3) is 0 Å². The second kappa shape index (κ2) is 4.49. The van der Waals surface area contributed by atoms with Crippen LogP contribution in [-0.4, -0.2) is 14.7 Å². The minimum Gasteiger partial charge on any atom is -0.342 e. The van der Waals surface area contributed by atoms with Gasteiger partial charge in [0.25, 0.3) is 0 Å². The molecule has 2 aromatic heterocycles. The minimum absolute atomic E-state index is 0.0720. The molecular formula is C11H16N4O. The molecule has 0 spiro atoms. The first-order valence-corrected chi connectivity index (χ1v) is 5.37. The summed E-state index contributed by atoms with van der Waals surface area (Å²) in [5.41, 5.74) is 5.47. The van der Waals surface area contributed by atoms with E-state index in [1.54, 1.807) is 0 Å². The van der Waals surface area contributed by atoms with Gasteiger partial charge in [0.1, 0.15) is 6.04 Å². The fourth-order valence-corrected chi connectivity index (χ4v) is 1.76. The van der Waals surface area contributed by atoms with Gasteiger partial charge in [0, 0.05) is 12.4 Å². The Morgan fingerprint density at radius 3 is 2.56 bits per heavy atom. The van der Waals surface area contributed by atoms with E-state index in [4.69, 9.17) is 10.3 Å². The number of rotatable bonds is 4. The highest BCUT2D eigenvalue weighted by molar-refractivity contribution is 5.02. The van der Waals surface area contributed by atoms with Crippen molar-refractivity contribution >= 4 is 0 Å². The molecule has 0 radical (unpaired) electrons. The highest BCUT2D eigenvalue weighted by atomic mass is 16.5. The lowest BCUT2D eigenvalue weighted by atomic mass is 10.0. The molecule has 1 atom stereocenters. The van der Waals surface area contributed by atoms with Crippen LogP contribution in [0.1, 0.15) is 31.6 Å². The number of nitrogens with two attached hydrogens (primary N) is 1. The van der Waals surface area contributed by atoms with E-state index in [2.05, 4.69) is 28.6 Å². The summed E-state index contributed by atoms with van der Waals surface area (Å²) in [6.45, 7) is 4.55. The van der Waals surface area contributed by atoms with Gasteiger partial charge in [-0.2, -0.15) is 4.98 Å². The molecule has 0 unspecified atom stereocenters. The van der Waals surface area contributed by atoms with Crippen molar-refractivity contribution in [2.45, 2.75) is 26.4 Å². The van der Waals surface area contributed by atoms with Crippen LogP contribution in [0.15, 0.2) is 29.0 Å². The van der Waals surface area contributed by atoms with Gasteiger partial charge in [-0.05, 0) is 18.1 Å². The first kappa shape index (κ1) is 10.9. The first-order valence-electron chi connectivity index (χ1n) is 5.37. The molecule has 5 heteroatoms. The molecule has 16 heavy (non-hydrogen) atoms. The fraction of sp³-hybridized carbons (Fsp3) is 0.455. The SMILES string of the molecule is CC(C)[C@H](c1nc(CN)no1)n1cccc1. The van der Waals surface area contributed by atoms with Crippen molar-refractivity contribution in [2.24, 2.45) is 11.7 Å². The summed E-state index contributed by atoms with van der Waals surface area (Å²) in [7, 11) is 0. The fourth-order valence-electron chi connectivity index (χ4n) is 1.76. The Kier molecular flexibility index (Phi) is 3.05. The highest BCUT2D eigenvalue weighted by Crippen LogP contribution is 2.24. The summed E-state index contributed by atoms with van der Waals surface area (Å²) in [4.78, 5) is 4.28. The molecule has 0 aromatic carbocycles. The van der Waals surface area contributed by atoms with Crippen LogP contribution < -0.4 is 5.73 Å². The Labute approximate surface area is 94.3 Å². The average molecular weight is 220 g/mol. The number of aromatic nitrogens is 3. The smallest absolute Gasteiger partial charge is 0.249 e. The quantitative estimate of drug-likeness (QED) is 0.849. The highest BCUT2D eigenvalue weighted by Gasteiger charge is 2.23. The van der Waals surface area contributed by atoms with Gasteiger partial charge in [0.15, 0.2) is 5.82 Å². The Bertz CT molecular complexity index is 433. The molecule has 0 aliphatic carbocycles. The Morgan fingerprint density at radius 2 is 2.06 bits per heavy atom. The summed E-state index contributed by atoms with van der Waals surface area (Å²) >= 11 is 0. The summed E-state index contributed by atoms with van der Waals surface area (Å²) in [5, 5.41) is 3.82. The van der Waals surface area contributed by atoms with Gasteiger partial charge < -0.3 is 14.8 Å². The summed E-state index contributed by atoms with van der Waals surface area (Å²) < 4.78 is 7.31. The third-order valence-corrected chi connectivity index (χ3v) is 2.50. The normalized spacial score (nSPS) is 13.2. The maximum absolute atomic E-state index is 5.47. The third kappa shape index (κ3) is 1.99. The molecule has 2 N–H and O–H groups in total. The lowest BCUT2D eigenvalue weighted by Gasteiger charge is -2.18. The largest absolute Gasteiger partial charge is 0.342 e. The maximum atomic E-state index is 5.47. The first-order chi connectivity index (χ1) is 7.72. The third-order valence-electron chi connectivity index (χ3n) is 2.50. The van der Waals surface area contributed by atoms with Crippen LogP contribution in [-0.2, 0) is 6.54 Å². The van der Waals surface area contributed by atoms with Gasteiger partial charge in [-0.3, -0.25) is 0 Å². The van der Waals surface area contributed by atoms with Gasteiger partial charge >= 0.3 is 0 Å². The Hall–Kier alpha value is -1.62. The van der Waals surface area contributed by atoms with Crippen LogP contribution in [0.5, 0.6) is 0 Å². The van der Waals surface area contributed by atoms with Crippen molar-refractivity contribution in [1.29, 1.82) is 0 Å². The van der Waals surface area contributed by atoms with Crippen molar-refractivity contribution in [3.63, 3.8) is 0 Å². The summed E-state index contributed by atoms with van der Waals surface area (Å²) in [6.07, 6.45) is 3.99. The second-order valence-electron chi connectivity index (χ2n) is 4.07. The molecule has 2 aromatic rings. The molecule has 0 fully saturated rings. The molecule has 0 saturated heterocycles. The van der Waals surface area contributed by atoms with Gasteiger partial charge in [0.05, 0.1) is 6.54 Å². The zero-order chi connectivity index (χ0) is 11.5. The van der Waals surface area contributed by atoms with Crippen molar-refractivity contribution in [3.8, 4) is 0 Å². The van der Waals surface area contributed by atoms with E-state index in [1.165, 1.54) is 0 Å². The molecule has 5 nitrogen and oxygen atoms in total. The standard InChI is InChI=1S/C11H16N4O/c1-8(2)10(15-5-3-4-6-15)11-13-9(7-12)14-16-11/h3-6,8,10H,7,12H2,1-2H3/t10-/m1/s1. The minimum atomic E-state index is 0.0720. The van der Waals surface area contributed by atoms with Crippen molar-refractivity contribution in [3.05, 3.63) is 36.2 Å². The predicted molar refractivity (Wildman–Crippen MR) is 59.6 cm³/mol. The molecule has 0 aliphatic rings. The van der Waals surface area contributed by atoms with E-state index in [1.807, 2.05) is 24.5 Å². The van der Waals surface area contributed by atoms with Crippen LogP contribution >= 0.6 is 0 Å². The second-order valence-corrected chi connectivity index (χ2v) is 4.07. The van der Waals surface area contributed by atoms with Crippen LogP contribution in [0.4, 0.5) is 0 Å². The lowest BCUT2D eigenvalue weighted by Crippen LogP contribution is -2.15. The van der Waals surface area contributed by atoms with E-state index in [-0.39, 0.29) is 6.04 Å². The van der Waals surface area contributed by atoms with Crippen molar-refractivity contribution in [2.75, 3.05) is 0 Å². The zero-order valence-electron chi connectivity index (χ0n) is 9.50. The van der Waals surface area contributed by atoms with E-state index in [0.29, 0.717) is 24.2 Å². The van der Waals surface area contributed by atoms with Crippen molar-refractivity contribution < 1.29 is 4.52 Å². The molecular weight excluding hydrogens is 204 g/mol. The Balaban J connectivity index is 2.33. The molecule has 2 heterocycles. The zero-order valence-corrected chi connectivity index (χ0v) is 9.50. The van der Waals surface area contributed by atoms with Gasteiger partial charge in [-0.15, -0.1) is 0 Å². The summed E-state index contributed by atoms with van der Waals surface area (Å²) in [6, 6.07) is 4.04. The summed E-state index contributed by atoms with van der Waals surface area (Å²) in [5.74, 6) is 1.54. The van der Waals surface area contributed by atoms with E-state index >= 15 is 0 Å². The number of nitrogens with zero attached hydrogens (tertiary/aromatic N) is 3. The van der Waals surface area contributed by atoms with Gasteiger partial charge in [0.2, 0.25) is 5.89 Å². The van der Waals surface area contributed by atoms with Gasteiger partial charge in [-0.25, -0.2) is 0 Å². The predicted octanol–water partition coefficient (Wildman–Crippen LogP) is 1.58. The molecule has 2 rings (SSSR count).